The number of ether oxygens (including phenoxy) is 1. The number of hydrogen-bond acceptors (Lipinski definition) is 2. The van der Waals surface area contributed by atoms with Crippen LogP contribution in [0, 0.1) is 0 Å². The lowest BCUT2D eigenvalue weighted by Gasteiger charge is -2.12. The molecule has 106 valence electrons. The Hall–Kier alpha value is -1.59. The summed E-state index contributed by atoms with van der Waals surface area (Å²) in [5.41, 5.74) is 6.75. The summed E-state index contributed by atoms with van der Waals surface area (Å²) >= 11 is 11.7. The highest BCUT2D eigenvalue weighted by molar-refractivity contribution is 6.42. The van der Waals surface area contributed by atoms with Gasteiger partial charge in [-0.1, -0.05) is 29.3 Å². The molecule has 2 aromatic rings. The first-order valence-electron chi connectivity index (χ1n) is 5.36. The van der Waals surface area contributed by atoms with Crippen LogP contribution in [-0.4, -0.2) is 6.36 Å². The molecule has 7 heteroatoms. The highest BCUT2D eigenvalue weighted by Gasteiger charge is 2.31. The number of halogens is 5. The van der Waals surface area contributed by atoms with Crippen molar-refractivity contribution in [2.75, 3.05) is 5.73 Å². The minimum absolute atomic E-state index is 0.146. The van der Waals surface area contributed by atoms with Crippen LogP contribution in [0.3, 0.4) is 0 Å². The van der Waals surface area contributed by atoms with Gasteiger partial charge >= 0.3 is 6.36 Å². The molecule has 2 nitrogen and oxygen atoms in total. The second-order valence-corrected chi connectivity index (χ2v) is 4.78. The zero-order valence-electron chi connectivity index (χ0n) is 9.84. The van der Waals surface area contributed by atoms with Gasteiger partial charge in [0.1, 0.15) is 5.75 Å². The molecule has 0 aliphatic carbocycles. The lowest BCUT2D eigenvalue weighted by atomic mass is 10.0. The highest BCUT2D eigenvalue weighted by Crippen LogP contribution is 2.33. The van der Waals surface area contributed by atoms with E-state index in [0.717, 1.165) is 6.07 Å². The molecular formula is C13H8Cl2F3NO. The van der Waals surface area contributed by atoms with Gasteiger partial charge in [-0.05, 0) is 35.4 Å². The highest BCUT2D eigenvalue weighted by atomic mass is 35.5. The normalized spacial score (nSPS) is 11.4. The van der Waals surface area contributed by atoms with Gasteiger partial charge in [-0.15, -0.1) is 13.2 Å². The van der Waals surface area contributed by atoms with E-state index in [9.17, 15) is 13.2 Å². The molecule has 0 spiro atoms. The maximum absolute atomic E-state index is 12.2. The van der Waals surface area contributed by atoms with Crippen molar-refractivity contribution >= 4 is 28.9 Å². The predicted molar refractivity (Wildman–Crippen MR) is 73.0 cm³/mol. The van der Waals surface area contributed by atoms with Crippen molar-refractivity contribution in [3.8, 4) is 16.9 Å². The van der Waals surface area contributed by atoms with Crippen LogP contribution in [0.1, 0.15) is 0 Å². The van der Waals surface area contributed by atoms with Gasteiger partial charge in [-0.25, -0.2) is 0 Å². The van der Waals surface area contributed by atoms with Crippen molar-refractivity contribution in [1.82, 2.24) is 0 Å². The molecule has 0 aromatic heterocycles. The topological polar surface area (TPSA) is 35.2 Å². The Morgan fingerprint density at radius 2 is 1.60 bits per heavy atom. The average molecular weight is 322 g/mol. The largest absolute Gasteiger partial charge is 0.573 e. The molecule has 2 aromatic carbocycles. The molecule has 0 fully saturated rings. The Kier molecular flexibility index (Phi) is 4.01. The molecule has 0 saturated heterocycles. The van der Waals surface area contributed by atoms with E-state index in [0.29, 0.717) is 21.2 Å². The second-order valence-electron chi connectivity index (χ2n) is 3.97. The fourth-order valence-electron chi connectivity index (χ4n) is 1.66. The van der Waals surface area contributed by atoms with Gasteiger partial charge in [0.2, 0.25) is 0 Å². The molecule has 0 aliphatic heterocycles. The monoisotopic (exact) mass is 321 g/mol. The third-order valence-corrected chi connectivity index (χ3v) is 3.15. The van der Waals surface area contributed by atoms with E-state index in [1.54, 1.807) is 12.1 Å². The Balaban J connectivity index is 2.43. The number of nitrogen functional groups attached to an aromatic ring is 1. The number of hydrogen-bond donors (Lipinski definition) is 1. The lowest BCUT2D eigenvalue weighted by molar-refractivity contribution is -0.274. The maximum atomic E-state index is 12.2. The van der Waals surface area contributed by atoms with Crippen LogP contribution in [0.25, 0.3) is 11.1 Å². The van der Waals surface area contributed by atoms with Crippen LogP contribution >= 0.6 is 23.2 Å². The third kappa shape index (κ3) is 3.71. The average Bonchev–Trinajstić information content (AvgIpc) is 2.29. The minimum atomic E-state index is -4.78. The van der Waals surface area contributed by atoms with E-state index < -0.39 is 12.1 Å². The third-order valence-electron chi connectivity index (χ3n) is 2.42. The Morgan fingerprint density at radius 1 is 0.900 bits per heavy atom. The van der Waals surface area contributed by atoms with Crippen LogP contribution in [0.4, 0.5) is 18.9 Å². The van der Waals surface area contributed by atoms with Crippen LogP contribution in [-0.2, 0) is 0 Å². The van der Waals surface area contributed by atoms with Crippen molar-refractivity contribution in [2.24, 2.45) is 0 Å². The molecular weight excluding hydrogens is 314 g/mol. The second kappa shape index (κ2) is 5.42. The van der Waals surface area contributed by atoms with Crippen molar-refractivity contribution in [2.45, 2.75) is 6.36 Å². The number of rotatable bonds is 2. The molecule has 0 heterocycles. The quantitative estimate of drug-likeness (QED) is 0.777. The molecule has 2 N–H and O–H groups in total. The fourth-order valence-corrected chi connectivity index (χ4v) is 1.96. The summed E-state index contributed by atoms with van der Waals surface area (Å²) in [6.07, 6.45) is -4.78. The summed E-state index contributed by atoms with van der Waals surface area (Å²) < 4.78 is 40.5. The molecule has 2 rings (SSSR count). The maximum Gasteiger partial charge on any atom is 0.573 e. The summed E-state index contributed by atoms with van der Waals surface area (Å²) in [6, 6.07) is 8.55. The van der Waals surface area contributed by atoms with E-state index >= 15 is 0 Å². The minimum Gasteiger partial charge on any atom is -0.406 e. The summed E-state index contributed by atoms with van der Waals surface area (Å²) in [6.45, 7) is 0. The summed E-state index contributed by atoms with van der Waals surface area (Å²) in [7, 11) is 0. The van der Waals surface area contributed by atoms with Crippen molar-refractivity contribution in [1.29, 1.82) is 0 Å². The van der Waals surface area contributed by atoms with Gasteiger partial charge in [0.15, 0.2) is 0 Å². The SMILES string of the molecule is Nc1cc(OC(F)(F)F)cc(-c2ccc(Cl)c(Cl)c2)c1. The first-order valence-corrected chi connectivity index (χ1v) is 6.12. The standard InChI is InChI=1S/C13H8Cl2F3NO/c14-11-2-1-7(5-12(11)15)8-3-9(19)6-10(4-8)20-13(16,17)18/h1-6H,19H2. The summed E-state index contributed by atoms with van der Waals surface area (Å²) in [5, 5.41) is 0.649. The van der Waals surface area contributed by atoms with Crippen molar-refractivity contribution in [3.05, 3.63) is 46.4 Å². The molecule has 0 aliphatic rings. The smallest absolute Gasteiger partial charge is 0.406 e. The molecule has 0 saturated carbocycles. The fraction of sp³-hybridized carbons (Fsp3) is 0.0769. The predicted octanol–water partition coefficient (Wildman–Crippen LogP) is 5.14. The van der Waals surface area contributed by atoms with E-state index in [4.69, 9.17) is 28.9 Å². The molecule has 0 amide bonds. The van der Waals surface area contributed by atoms with Gasteiger partial charge in [0.25, 0.3) is 0 Å². The van der Waals surface area contributed by atoms with Crippen LogP contribution in [0.5, 0.6) is 5.75 Å². The zero-order chi connectivity index (χ0) is 14.9. The summed E-state index contributed by atoms with van der Waals surface area (Å²) in [5.74, 6) is -0.390. The molecule has 20 heavy (non-hydrogen) atoms. The van der Waals surface area contributed by atoms with Crippen LogP contribution in [0.2, 0.25) is 10.0 Å². The van der Waals surface area contributed by atoms with E-state index in [2.05, 4.69) is 4.74 Å². The number of nitrogens with two attached hydrogens (primary N) is 1. The van der Waals surface area contributed by atoms with Gasteiger partial charge in [-0.3, -0.25) is 0 Å². The van der Waals surface area contributed by atoms with Crippen molar-refractivity contribution < 1.29 is 17.9 Å². The molecule has 0 unspecified atom stereocenters. The summed E-state index contributed by atoms with van der Waals surface area (Å²) in [4.78, 5) is 0. The van der Waals surface area contributed by atoms with Crippen molar-refractivity contribution in [3.63, 3.8) is 0 Å². The molecule has 0 atom stereocenters. The number of anilines is 1. The van der Waals surface area contributed by atoms with Gasteiger partial charge < -0.3 is 10.5 Å². The van der Waals surface area contributed by atoms with Gasteiger partial charge in [0, 0.05) is 11.8 Å². The molecule has 0 radical (unpaired) electrons. The van der Waals surface area contributed by atoms with E-state index in [1.165, 1.54) is 18.2 Å². The Labute approximate surface area is 122 Å². The first kappa shape index (κ1) is 14.8. The molecule has 0 bridgehead atoms. The lowest BCUT2D eigenvalue weighted by Crippen LogP contribution is -2.17. The van der Waals surface area contributed by atoms with Gasteiger partial charge in [0.05, 0.1) is 10.0 Å². The Morgan fingerprint density at radius 3 is 2.20 bits per heavy atom. The Bertz CT molecular complexity index is 644. The number of alkyl halides is 3. The number of benzene rings is 2. The van der Waals surface area contributed by atoms with E-state index in [-0.39, 0.29) is 5.69 Å². The van der Waals surface area contributed by atoms with E-state index in [1.807, 2.05) is 0 Å². The van der Waals surface area contributed by atoms with Crippen LogP contribution in [0.15, 0.2) is 36.4 Å². The van der Waals surface area contributed by atoms with Gasteiger partial charge in [-0.2, -0.15) is 0 Å². The van der Waals surface area contributed by atoms with Crippen LogP contribution < -0.4 is 10.5 Å². The first-order chi connectivity index (χ1) is 9.24. The zero-order valence-corrected chi connectivity index (χ0v) is 11.4.